The molecule has 0 aliphatic carbocycles. The van der Waals surface area contributed by atoms with Gasteiger partial charge in [-0.15, -0.1) is 0 Å². The minimum Gasteiger partial charge on any atom is -0.508 e. The first-order valence-corrected chi connectivity index (χ1v) is 6.54. The molecule has 0 radical (unpaired) electrons. The fraction of sp³-hybridized carbons (Fsp3) is 0.188. The lowest BCUT2D eigenvalue weighted by atomic mass is 10.1. The Morgan fingerprint density at radius 2 is 2.00 bits per heavy atom. The van der Waals surface area contributed by atoms with Gasteiger partial charge in [0.25, 0.3) is 0 Å². The van der Waals surface area contributed by atoms with Crippen molar-refractivity contribution in [2.24, 2.45) is 7.05 Å². The molecule has 0 bridgehead atoms. The van der Waals surface area contributed by atoms with Crippen LogP contribution in [0.25, 0.3) is 10.8 Å². The predicted molar refractivity (Wildman–Crippen MR) is 78.0 cm³/mol. The largest absolute Gasteiger partial charge is 0.508 e. The number of phenolic OH excluding ortho intramolecular Hbond substituents is 1. The lowest BCUT2D eigenvalue weighted by molar-refractivity contribution is 0.322. The van der Waals surface area contributed by atoms with Crippen LogP contribution in [0.15, 0.2) is 48.8 Å². The molecule has 0 saturated heterocycles. The Morgan fingerprint density at radius 3 is 2.80 bits per heavy atom. The zero-order chi connectivity index (χ0) is 13.9. The second kappa shape index (κ2) is 5.25. The summed E-state index contributed by atoms with van der Waals surface area (Å²) in [5, 5.41) is 15.7. The maximum Gasteiger partial charge on any atom is 0.119 e. The van der Waals surface area contributed by atoms with E-state index >= 15 is 0 Å². The molecule has 1 heterocycles. The topological polar surface area (TPSA) is 47.3 Å². The van der Waals surface area contributed by atoms with Crippen molar-refractivity contribution in [3.05, 3.63) is 54.4 Å². The molecule has 1 N–H and O–H groups in total. The van der Waals surface area contributed by atoms with E-state index in [-0.39, 0.29) is 5.75 Å². The first-order chi connectivity index (χ1) is 9.70. The van der Waals surface area contributed by atoms with Crippen molar-refractivity contribution in [1.29, 1.82) is 0 Å². The number of ether oxygens (including phenoxy) is 1. The predicted octanol–water partition coefficient (Wildman–Crippen LogP) is 2.90. The number of aromatic nitrogens is 2. The van der Waals surface area contributed by atoms with E-state index in [4.69, 9.17) is 4.74 Å². The zero-order valence-corrected chi connectivity index (χ0v) is 11.3. The van der Waals surface area contributed by atoms with E-state index in [1.807, 2.05) is 43.7 Å². The SMILES string of the molecule is Cn1cc(CCOc2ccc3ccc(O)cc3c2)cn1. The summed E-state index contributed by atoms with van der Waals surface area (Å²) in [5.74, 6) is 1.08. The molecule has 3 aromatic rings. The fourth-order valence-corrected chi connectivity index (χ4v) is 2.19. The van der Waals surface area contributed by atoms with Gasteiger partial charge in [-0.05, 0) is 40.6 Å². The number of fused-ring (bicyclic) bond motifs is 1. The van der Waals surface area contributed by atoms with Crippen molar-refractivity contribution in [2.75, 3.05) is 6.61 Å². The lowest BCUT2D eigenvalue weighted by Crippen LogP contribution is -2.00. The quantitative estimate of drug-likeness (QED) is 0.791. The normalized spacial score (nSPS) is 10.8. The highest BCUT2D eigenvalue weighted by atomic mass is 16.5. The van der Waals surface area contributed by atoms with E-state index in [1.54, 1.807) is 16.8 Å². The smallest absolute Gasteiger partial charge is 0.119 e. The summed E-state index contributed by atoms with van der Waals surface area (Å²) in [7, 11) is 1.90. The third-order valence-electron chi connectivity index (χ3n) is 3.21. The Kier molecular flexibility index (Phi) is 3.29. The molecule has 4 heteroatoms. The van der Waals surface area contributed by atoms with Gasteiger partial charge in [-0.3, -0.25) is 4.68 Å². The van der Waals surface area contributed by atoms with Gasteiger partial charge in [-0.25, -0.2) is 0 Å². The summed E-state index contributed by atoms with van der Waals surface area (Å²) in [6.07, 6.45) is 4.66. The third kappa shape index (κ3) is 2.74. The van der Waals surface area contributed by atoms with Crippen molar-refractivity contribution in [3.8, 4) is 11.5 Å². The summed E-state index contributed by atoms with van der Waals surface area (Å²) in [5.41, 5.74) is 1.16. The number of aryl methyl sites for hydroxylation is 1. The molecule has 0 fully saturated rings. The maximum atomic E-state index is 9.50. The highest BCUT2D eigenvalue weighted by Gasteiger charge is 2.00. The highest BCUT2D eigenvalue weighted by Crippen LogP contribution is 2.24. The van der Waals surface area contributed by atoms with E-state index in [9.17, 15) is 5.11 Å². The van der Waals surface area contributed by atoms with Crippen LogP contribution in [0, 0.1) is 0 Å². The fourth-order valence-electron chi connectivity index (χ4n) is 2.19. The van der Waals surface area contributed by atoms with Crippen molar-refractivity contribution in [1.82, 2.24) is 9.78 Å². The summed E-state index contributed by atoms with van der Waals surface area (Å²) < 4.78 is 7.53. The number of nitrogens with zero attached hydrogens (tertiary/aromatic N) is 2. The molecule has 0 aliphatic heterocycles. The number of rotatable bonds is 4. The van der Waals surface area contributed by atoms with Crippen LogP contribution >= 0.6 is 0 Å². The van der Waals surface area contributed by atoms with Gasteiger partial charge in [0.15, 0.2) is 0 Å². The minimum absolute atomic E-state index is 0.269. The molecule has 4 nitrogen and oxygen atoms in total. The third-order valence-corrected chi connectivity index (χ3v) is 3.21. The number of hydrogen-bond donors (Lipinski definition) is 1. The van der Waals surface area contributed by atoms with Gasteiger partial charge < -0.3 is 9.84 Å². The molecule has 0 unspecified atom stereocenters. The van der Waals surface area contributed by atoms with Gasteiger partial charge in [0, 0.05) is 19.7 Å². The summed E-state index contributed by atoms with van der Waals surface area (Å²) in [6, 6.07) is 11.2. The Hall–Kier alpha value is -2.49. The molecule has 0 aliphatic rings. The van der Waals surface area contributed by atoms with Gasteiger partial charge in [-0.1, -0.05) is 12.1 Å². The standard InChI is InChI=1S/C16H16N2O2/c1-18-11-12(10-17-18)6-7-20-16-5-3-13-2-4-15(19)8-14(13)9-16/h2-5,8-11,19H,6-7H2,1H3. The number of benzene rings is 2. The summed E-state index contributed by atoms with van der Waals surface area (Å²) in [6.45, 7) is 0.607. The Bertz CT molecular complexity index is 734. The number of hydrogen-bond acceptors (Lipinski definition) is 3. The first kappa shape index (κ1) is 12.5. The Morgan fingerprint density at radius 1 is 1.15 bits per heavy atom. The van der Waals surface area contributed by atoms with E-state index in [2.05, 4.69) is 5.10 Å². The first-order valence-electron chi connectivity index (χ1n) is 6.54. The van der Waals surface area contributed by atoms with Crippen LogP contribution in [0.4, 0.5) is 0 Å². The van der Waals surface area contributed by atoms with Crippen molar-refractivity contribution in [3.63, 3.8) is 0 Å². The van der Waals surface area contributed by atoms with Crippen molar-refractivity contribution in [2.45, 2.75) is 6.42 Å². The van der Waals surface area contributed by atoms with Crippen molar-refractivity contribution >= 4 is 10.8 Å². The second-order valence-electron chi connectivity index (χ2n) is 4.81. The highest BCUT2D eigenvalue weighted by molar-refractivity contribution is 5.85. The van der Waals surface area contributed by atoms with Crippen LogP contribution in [0.1, 0.15) is 5.56 Å². The van der Waals surface area contributed by atoms with E-state index in [0.717, 1.165) is 28.5 Å². The van der Waals surface area contributed by atoms with Crippen LogP contribution < -0.4 is 4.74 Å². The molecule has 0 atom stereocenters. The second-order valence-corrected chi connectivity index (χ2v) is 4.81. The van der Waals surface area contributed by atoms with Gasteiger partial charge in [0.05, 0.1) is 12.8 Å². The lowest BCUT2D eigenvalue weighted by Gasteiger charge is -2.07. The average molecular weight is 268 g/mol. The molecule has 0 amide bonds. The van der Waals surface area contributed by atoms with Crippen LogP contribution in [0.5, 0.6) is 11.5 Å². The maximum absolute atomic E-state index is 9.50. The zero-order valence-electron chi connectivity index (χ0n) is 11.3. The monoisotopic (exact) mass is 268 g/mol. The molecule has 0 saturated carbocycles. The van der Waals surface area contributed by atoms with Crippen molar-refractivity contribution < 1.29 is 9.84 Å². The van der Waals surface area contributed by atoms with Gasteiger partial charge >= 0.3 is 0 Å². The minimum atomic E-state index is 0.269. The van der Waals surface area contributed by atoms with E-state index in [1.165, 1.54) is 0 Å². The number of phenols is 1. The molecule has 0 spiro atoms. The summed E-state index contributed by atoms with van der Waals surface area (Å²) in [4.78, 5) is 0. The Balaban J connectivity index is 1.68. The molecular formula is C16H16N2O2. The van der Waals surface area contributed by atoms with Crippen LogP contribution in [-0.2, 0) is 13.5 Å². The van der Waals surface area contributed by atoms with E-state index in [0.29, 0.717) is 6.61 Å². The van der Waals surface area contributed by atoms with Gasteiger partial charge in [-0.2, -0.15) is 5.10 Å². The van der Waals surface area contributed by atoms with Gasteiger partial charge in [0.1, 0.15) is 11.5 Å². The molecule has 3 rings (SSSR count). The molecule has 1 aromatic heterocycles. The molecule has 2 aromatic carbocycles. The van der Waals surface area contributed by atoms with Crippen LogP contribution in [0.2, 0.25) is 0 Å². The molecular weight excluding hydrogens is 252 g/mol. The average Bonchev–Trinajstić information content (AvgIpc) is 2.84. The van der Waals surface area contributed by atoms with E-state index < -0.39 is 0 Å². The summed E-state index contributed by atoms with van der Waals surface area (Å²) >= 11 is 0. The number of aromatic hydroxyl groups is 1. The Labute approximate surface area is 117 Å². The van der Waals surface area contributed by atoms with Crippen LogP contribution in [0.3, 0.4) is 0 Å². The van der Waals surface area contributed by atoms with Crippen LogP contribution in [-0.4, -0.2) is 21.5 Å². The van der Waals surface area contributed by atoms with Gasteiger partial charge in [0.2, 0.25) is 0 Å². The molecule has 20 heavy (non-hydrogen) atoms. The molecule has 102 valence electrons.